The molecule has 0 fully saturated rings. The maximum absolute atomic E-state index is 11.6. The van der Waals surface area contributed by atoms with Crippen molar-refractivity contribution in [2.24, 2.45) is 0 Å². The number of nitrogens with one attached hydrogen (secondary N) is 1. The molecule has 1 amide bonds. The topological polar surface area (TPSA) is 38.3 Å². The van der Waals surface area contributed by atoms with Gasteiger partial charge >= 0.3 is 0 Å². The van der Waals surface area contributed by atoms with E-state index >= 15 is 0 Å². The van der Waals surface area contributed by atoms with Crippen LogP contribution < -0.4 is 10.1 Å². The zero-order valence-electron chi connectivity index (χ0n) is 14.6. The maximum atomic E-state index is 11.6. The summed E-state index contributed by atoms with van der Waals surface area (Å²) in [6.45, 7) is 10.1. The number of amides is 1. The molecule has 0 radical (unpaired) electrons. The van der Waals surface area contributed by atoms with E-state index in [9.17, 15) is 4.79 Å². The minimum absolute atomic E-state index is 0.128. The lowest BCUT2D eigenvalue weighted by Gasteiger charge is -2.19. The van der Waals surface area contributed by atoms with E-state index in [0.29, 0.717) is 13.0 Å². The van der Waals surface area contributed by atoms with Gasteiger partial charge in [-0.2, -0.15) is 0 Å². The second-order valence-electron chi connectivity index (χ2n) is 6.78. The Hall–Kier alpha value is -1.51. The first-order chi connectivity index (χ1) is 10.4. The monoisotopic (exact) mass is 305 g/mol. The zero-order valence-corrected chi connectivity index (χ0v) is 14.6. The normalized spacial score (nSPS) is 11.3. The summed E-state index contributed by atoms with van der Waals surface area (Å²) in [4.78, 5) is 11.6. The number of carbonyl (C=O) groups excluding carboxylic acids is 1. The highest BCUT2D eigenvalue weighted by atomic mass is 16.5. The van der Waals surface area contributed by atoms with E-state index in [-0.39, 0.29) is 11.3 Å². The third-order valence-electron chi connectivity index (χ3n) is 3.64. The van der Waals surface area contributed by atoms with E-state index in [2.05, 4.69) is 45.1 Å². The number of rotatable bonds is 9. The molecule has 3 nitrogen and oxygen atoms in total. The first kappa shape index (κ1) is 18.5. The Balaban J connectivity index is 2.18. The Morgan fingerprint density at radius 3 is 2.36 bits per heavy atom. The molecule has 0 aromatic heterocycles. The summed E-state index contributed by atoms with van der Waals surface area (Å²) in [5.74, 6) is 0.999. The predicted molar refractivity (Wildman–Crippen MR) is 92.4 cm³/mol. The van der Waals surface area contributed by atoms with Crippen molar-refractivity contribution in [2.75, 3.05) is 13.2 Å². The Morgan fingerprint density at radius 2 is 1.77 bits per heavy atom. The Morgan fingerprint density at radius 1 is 1.09 bits per heavy atom. The predicted octanol–water partition coefficient (Wildman–Crippen LogP) is 4.45. The van der Waals surface area contributed by atoms with Gasteiger partial charge in [-0.25, -0.2) is 0 Å². The fraction of sp³-hybridized carbons (Fsp3) is 0.632. The van der Waals surface area contributed by atoms with Gasteiger partial charge in [0.25, 0.3) is 0 Å². The van der Waals surface area contributed by atoms with E-state index in [1.807, 2.05) is 12.1 Å². The number of hydrogen-bond acceptors (Lipinski definition) is 2. The molecule has 0 atom stereocenters. The molecule has 1 N–H and O–H groups in total. The molecule has 0 saturated carbocycles. The van der Waals surface area contributed by atoms with Crippen LogP contribution in [0.2, 0.25) is 0 Å². The molecule has 1 rings (SSSR count). The molecule has 1 aromatic rings. The van der Waals surface area contributed by atoms with E-state index in [1.54, 1.807) is 0 Å². The molecule has 0 aliphatic rings. The molecular formula is C19H31NO2. The van der Waals surface area contributed by atoms with Crippen LogP contribution in [0, 0.1) is 0 Å². The van der Waals surface area contributed by atoms with Crippen LogP contribution >= 0.6 is 0 Å². The van der Waals surface area contributed by atoms with Crippen LogP contribution in [0.1, 0.15) is 65.4 Å². The lowest BCUT2D eigenvalue weighted by Crippen LogP contribution is -2.24. The first-order valence-corrected chi connectivity index (χ1v) is 8.43. The van der Waals surface area contributed by atoms with Gasteiger partial charge in [-0.15, -0.1) is 0 Å². The van der Waals surface area contributed by atoms with Crippen molar-refractivity contribution >= 4 is 5.91 Å². The SMILES string of the molecule is CCCCCNC(=O)CCCOc1ccc(C(C)(C)C)cc1. The zero-order chi connectivity index (χ0) is 16.4. The van der Waals surface area contributed by atoms with Crippen LogP contribution in [0.4, 0.5) is 0 Å². The Labute approximate surface area is 135 Å². The van der Waals surface area contributed by atoms with Gasteiger partial charge in [0.1, 0.15) is 5.75 Å². The van der Waals surface area contributed by atoms with Gasteiger partial charge < -0.3 is 10.1 Å². The Kier molecular flexibility index (Phi) is 8.00. The summed E-state index contributed by atoms with van der Waals surface area (Å²) in [7, 11) is 0. The molecule has 0 saturated heterocycles. The molecular weight excluding hydrogens is 274 g/mol. The van der Waals surface area contributed by atoms with Crippen molar-refractivity contribution < 1.29 is 9.53 Å². The van der Waals surface area contributed by atoms with Crippen LogP contribution in [0.3, 0.4) is 0 Å². The minimum atomic E-state index is 0.128. The van der Waals surface area contributed by atoms with Crippen molar-refractivity contribution in [3.05, 3.63) is 29.8 Å². The van der Waals surface area contributed by atoms with Crippen LogP contribution in [0.25, 0.3) is 0 Å². The second-order valence-corrected chi connectivity index (χ2v) is 6.78. The summed E-state index contributed by atoms with van der Waals surface area (Å²) < 4.78 is 5.69. The summed E-state index contributed by atoms with van der Waals surface area (Å²) in [5.41, 5.74) is 1.46. The number of ether oxygens (including phenoxy) is 1. The highest BCUT2D eigenvalue weighted by molar-refractivity contribution is 5.75. The molecule has 1 aromatic carbocycles. The van der Waals surface area contributed by atoms with Crippen LogP contribution in [0.15, 0.2) is 24.3 Å². The van der Waals surface area contributed by atoms with Crippen molar-refractivity contribution in [3.63, 3.8) is 0 Å². The van der Waals surface area contributed by atoms with Gasteiger partial charge in [-0.05, 0) is 36.0 Å². The van der Waals surface area contributed by atoms with Gasteiger partial charge in [0.15, 0.2) is 0 Å². The van der Waals surface area contributed by atoms with E-state index in [0.717, 1.165) is 25.1 Å². The summed E-state index contributed by atoms with van der Waals surface area (Å²) in [6.07, 6.45) is 4.71. The first-order valence-electron chi connectivity index (χ1n) is 8.43. The lowest BCUT2D eigenvalue weighted by atomic mass is 9.87. The highest BCUT2D eigenvalue weighted by Crippen LogP contribution is 2.24. The van der Waals surface area contributed by atoms with Gasteiger partial charge in [0, 0.05) is 13.0 Å². The van der Waals surface area contributed by atoms with E-state index < -0.39 is 0 Å². The van der Waals surface area contributed by atoms with Crippen molar-refractivity contribution in [3.8, 4) is 5.75 Å². The van der Waals surface area contributed by atoms with Crippen molar-refractivity contribution in [2.45, 2.75) is 65.2 Å². The summed E-state index contributed by atoms with van der Waals surface area (Å²) >= 11 is 0. The molecule has 0 aliphatic carbocycles. The van der Waals surface area contributed by atoms with Crippen LogP contribution in [0.5, 0.6) is 5.75 Å². The van der Waals surface area contributed by atoms with E-state index in [1.165, 1.54) is 18.4 Å². The average molecular weight is 305 g/mol. The fourth-order valence-corrected chi connectivity index (χ4v) is 2.17. The molecule has 0 heterocycles. The molecule has 3 heteroatoms. The number of benzene rings is 1. The van der Waals surface area contributed by atoms with Gasteiger partial charge in [-0.1, -0.05) is 52.7 Å². The van der Waals surface area contributed by atoms with Gasteiger partial charge in [-0.3, -0.25) is 4.79 Å². The van der Waals surface area contributed by atoms with Gasteiger partial charge in [0.2, 0.25) is 5.91 Å². The largest absolute Gasteiger partial charge is 0.494 e. The molecule has 0 aliphatic heterocycles. The second kappa shape index (κ2) is 9.50. The summed E-state index contributed by atoms with van der Waals surface area (Å²) in [6, 6.07) is 8.22. The lowest BCUT2D eigenvalue weighted by molar-refractivity contribution is -0.121. The summed E-state index contributed by atoms with van der Waals surface area (Å²) in [5, 5.41) is 2.95. The number of hydrogen-bond donors (Lipinski definition) is 1. The third-order valence-corrected chi connectivity index (χ3v) is 3.64. The molecule has 22 heavy (non-hydrogen) atoms. The molecule has 0 unspecified atom stereocenters. The van der Waals surface area contributed by atoms with Gasteiger partial charge in [0.05, 0.1) is 6.61 Å². The van der Waals surface area contributed by atoms with Crippen molar-refractivity contribution in [1.82, 2.24) is 5.32 Å². The quantitative estimate of drug-likeness (QED) is 0.685. The standard InChI is InChI=1S/C19H31NO2/c1-5-6-7-14-20-18(21)9-8-15-22-17-12-10-16(11-13-17)19(2,3)4/h10-13H,5-9,14-15H2,1-4H3,(H,20,21). The molecule has 0 spiro atoms. The highest BCUT2D eigenvalue weighted by Gasteiger charge is 2.12. The molecule has 0 bridgehead atoms. The fourth-order valence-electron chi connectivity index (χ4n) is 2.17. The maximum Gasteiger partial charge on any atom is 0.220 e. The third kappa shape index (κ3) is 7.48. The van der Waals surface area contributed by atoms with Crippen LogP contribution in [-0.4, -0.2) is 19.1 Å². The minimum Gasteiger partial charge on any atom is -0.494 e. The average Bonchev–Trinajstić information content (AvgIpc) is 2.48. The number of unbranched alkanes of at least 4 members (excludes halogenated alkanes) is 2. The van der Waals surface area contributed by atoms with Crippen LogP contribution in [-0.2, 0) is 10.2 Å². The van der Waals surface area contributed by atoms with E-state index in [4.69, 9.17) is 4.74 Å². The Bertz CT molecular complexity index is 432. The van der Waals surface area contributed by atoms with Crippen molar-refractivity contribution in [1.29, 1.82) is 0 Å². The molecule has 124 valence electrons. The smallest absolute Gasteiger partial charge is 0.220 e. The number of carbonyl (C=O) groups is 1.